The highest BCUT2D eigenvalue weighted by atomic mass is 16.3. The molecule has 0 radical (unpaired) electrons. The minimum absolute atomic E-state index is 0.0230. The quantitative estimate of drug-likeness (QED) is 0.376. The van der Waals surface area contributed by atoms with Gasteiger partial charge in [-0.3, -0.25) is 9.69 Å². The van der Waals surface area contributed by atoms with Crippen LogP contribution in [0.1, 0.15) is 63.0 Å². The van der Waals surface area contributed by atoms with E-state index in [1.807, 2.05) is 24.9 Å². The van der Waals surface area contributed by atoms with Crippen LogP contribution in [-0.4, -0.2) is 68.8 Å². The Morgan fingerprint density at radius 2 is 1.97 bits per heavy atom. The molecular formula is C30H42N2O5. The molecule has 2 aliphatic carbocycles. The van der Waals surface area contributed by atoms with E-state index in [-0.39, 0.29) is 29.5 Å². The van der Waals surface area contributed by atoms with Gasteiger partial charge in [-0.25, -0.2) is 0 Å². The third-order valence-corrected chi connectivity index (χ3v) is 8.49. The molecule has 2 aromatic rings. The monoisotopic (exact) mass is 510 g/mol. The van der Waals surface area contributed by atoms with Crippen LogP contribution in [-0.2, 0) is 4.79 Å². The fourth-order valence-corrected chi connectivity index (χ4v) is 6.13. The van der Waals surface area contributed by atoms with Crippen molar-refractivity contribution in [3.05, 3.63) is 54.0 Å². The number of hydrogen-bond donors (Lipinski definition) is 3. The molecule has 5 rings (SSSR count). The summed E-state index contributed by atoms with van der Waals surface area (Å²) in [6.45, 7) is 6.31. The molecule has 7 heteroatoms. The maximum atomic E-state index is 12.6. The molecule has 3 unspecified atom stereocenters. The summed E-state index contributed by atoms with van der Waals surface area (Å²) in [5.41, 5.74) is 1.24. The molecule has 1 aromatic carbocycles. The number of phenols is 2. The molecular weight excluding hydrogens is 468 g/mol. The van der Waals surface area contributed by atoms with Crippen molar-refractivity contribution in [1.29, 1.82) is 0 Å². The number of amides is 1. The van der Waals surface area contributed by atoms with Gasteiger partial charge < -0.3 is 24.6 Å². The number of aliphatic hydroxyl groups is 1. The minimum Gasteiger partial charge on any atom is -0.504 e. The lowest BCUT2D eigenvalue weighted by Crippen LogP contribution is -2.64. The molecule has 202 valence electrons. The Balaban J connectivity index is 0.000000301. The van der Waals surface area contributed by atoms with Gasteiger partial charge in [0.2, 0.25) is 5.91 Å². The number of phenolic OH excluding ortho intramolecular Hbond substituents is 2. The van der Waals surface area contributed by atoms with Gasteiger partial charge in [0.25, 0.3) is 0 Å². The number of aryl methyl sites for hydroxylation is 1. The third-order valence-electron chi connectivity index (χ3n) is 8.49. The van der Waals surface area contributed by atoms with Crippen molar-refractivity contribution in [2.24, 2.45) is 11.8 Å². The Hall–Kier alpha value is -2.77. The molecule has 3 fully saturated rings. The molecule has 37 heavy (non-hydrogen) atoms. The van der Waals surface area contributed by atoms with Crippen LogP contribution in [0.2, 0.25) is 0 Å². The summed E-state index contributed by atoms with van der Waals surface area (Å²) >= 11 is 0. The van der Waals surface area contributed by atoms with Crippen LogP contribution in [0.5, 0.6) is 11.5 Å². The van der Waals surface area contributed by atoms with E-state index in [0.29, 0.717) is 5.92 Å². The predicted molar refractivity (Wildman–Crippen MR) is 144 cm³/mol. The van der Waals surface area contributed by atoms with Crippen LogP contribution in [0.4, 0.5) is 0 Å². The first-order valence-electron chi connectivity index (χ1n) is 13.6. The van der Waals surface area contributed by atoms with E-state index >= 15 is 0 Å². The Kier molecular flexibility index (Phi) is 8.65. The molecule has 2 saturated carbocycles. The molecule has 1 aromatic heterocycles. The van der Waals surface area contributed by atoms with Gasteiger partial charge in [-0.15, -0.1) is 0 Å². The van der Waals surface area contributed by atoms with E-state index in [2.05, 4.69) is 11.8 Å². The normalized spacial score (nSPS) is 27.8. The fourth-order valence-electron chi connectivity index (χ4n) is 6.13. The Labute approximate surface area is 220 Å². The van der Waals surface area contributed by atoms with Gasteiger partial charge >= 0.3 is 0 Å². The van der Waals surface area contributed by atoms with Crippen molar-refractivity contribution in [1.82, 2.24) is 9.80 Å². The van der Waals surface area contributed by atoms with Crippen LogP contribution in [0.3, 0.4) is 0 Å². The standard InChI is InChI=1S/C23H34N2O3.C7H8O2/c1-3-21-23(27)11-8-20(14-19(23)9-12-25(21)15-17-4-5-17)24(2)22(26)7-6-18-10-13-28-16-18;1-5-2-3-6(8)7(9)4-5/h6-7,10,13,16-17,19-21,27H,3-5,8-9,11-12,14-15H2,1-2H3;2-4,8-9H,1H3/b7-6+;/t19?,20?,21-,23?;/m1./s1. The van der Waals surface area contributed by atoms with E-state index in [1.54, 1.807) is 30.7 Å². The summed E-state index contributed by atoms with van der Waals surface area (Å²) in [4.78, 5) is 17.1. The Morgan fingerprint density at radius 1 is 1.19 bits per heavy atom. The topological polar surface area (TPSA) is 97.4 Å². The number of carbonyl (C=O) groups is 1. The summed E-state index contributed by atoms with van der Waals surface area (Å²) in [7, 11) is 1.90. The summed E-state index contributed by atoms with van der Waals surface area (Å²) in [6.07, 6.45) is 14.0. The molecule has 1 aliphatic heterocycles. The third kappa shape index (κ3) is 6.57. The second kappa shape index (κ2) is 11.7. The highest BCUT2D eigenvalue weighted by Crippen LogP contribution is 2.46. The molecule has 0 bridgehead atoms. The van der Waals surface area contributed by atoms with E-state index < -0.39 is 5.60 Å². The average Bonchev–Trinajstić information content (AvgIpc) is 3.54. The van der Waals surface area contributed by atoms with Crippen LogP contribution < -0.4 is 0 Å². The molecule has 2 heterocycles. The molecule has 1 saturated heterocycles. The predicted octanol–water partition coefficient (Wildman–Crippen LogP) is 4.95. The molecule has 0 spiro atoms. The van der Waals surface area contributed by atoms with Crippen LogP contribution >= 0.6 is 0 Å². The number of hydrogen-bond acceptors (Lipinski definition) is 6. The van der Waals surface area contributed by atoms with E-state index in [1.165, 1.54) is 25.0 Å². The molecule has 1 amide bonds. The highest BCUT2D eigenvalue weighted by molar-refractivity contribution is 5.91. The zero-order valence-corrected chi connectivity index (χ0v) is 22.3. The summed E-state index contributed by atoms with van der Waals surface area (Å²) < 4.78 is 5.04. The second-order valence-electron chi connectivity index (χ2n) is 11.1. The van der Waals surface area contributed by atoms with Gasteiger partial charge in [-0.2, -0.15) is 0 Å². The first kappa shape index (κ1) is 27.3. The SMILES string of the molecule is CC[C@H]1N(CC2CC2)CCC2CC(N(C)C(=O)/C=C/c3ccoc3)CCC21O.Cc1ccc(O)c(O)c1. The second-order valence-corrected chi connectivity index (χ2v) is 11.1. The van der Waals surface area contributed by atoms with Crippen LogP contribution in [0, 0.1) is 18.8 Å². The molecule has 3 N–H and O–H groups in total. The van der Waals surface area contributed by atoms with E-state index in [9.17, 15) is 9.90 Å². The summed E-state index contributed by atoms with van der Waals surface area (Å²) in [5.74, 6) is 1.04. The number of aromatic hydroxyl groups is 2. The van der Waals surface area contributed by atoms with Gasteiger partial charge in [0.1, 0.15) is 0 Å². The zero-order chi connectivity index (χ0) is 26.6. The van der Waals surface area contributed by atoms with Gasteiger partial charge in [0.15, 0.2) is 11.5 Å². The van der Waals surface area contributed by atoms with Crippen LogP contribution in [0.25, 0.3) is 6.08 Å². The van der Waals surface area contributed by atoms with Crippen molar-refractivity contribution in [2.75, 3.05) is 20.1 Å². The molecule has 7 nitrogen and oxygen atoms in total. The number of likely N-dealkylation sites (N-methyl/N-ethyl adjacent to an activating group) is 1. The average molecular weight is 511 g/mol. The van der Waals surface area contributed by atoms with Crippen LogP contribution in [0.15, 0.2) is 47.3 Å². The van der Waals surface area contributed by atoms with Crippen molar-refractivity contribution in [3.8, 4) is 11.5 Å². The lowest BCUT2D eigenvalue weighted by atomic mass is 9.65. The van der Waals surface area contributed by atoms with E-state index in [4.69, 9.17) is 14.6 Å². The van der Waals surface area contributed by atoms with Crippen molar-refractivity contribution >= 4 is 12.0 Å². The van der Waals surface area contributed by atoms with Crippen molar-refractivity contribution in [2.45, 2.75) is 76.5 Å². The Bertz CT molecular complexity index is 1060. The maximum absolute atomic E-state index is 12.6. The summed E-state index contributed by atoms with van der Waals surface area (Å²) in [6, 6.07) is 7.02. The number of furan rings is 1. The van der Waals surface area contributed by atoms with Gasteiger partial charge in [-0.1, -0.05) is 13.0 Å². The number of likely N-dealkylation sites (tertiary alicyclic amines) is 1. The van der Waals surface area contributed by atoms with Gasteiger partial charge in [0, 0.05) is 37.3 Å². The van der Waals surface area contributed by atoms with E-state index in [0.717, 1.165) is 62.2 Å². The first-order chi connectivity index (χ1) is 17.7. The fraction of sp³-hybridized carbons (Fsp3) is 0.567. The lowest BCUT2D eigenvalue weighted by Gasteiger charge is -2.55. The number of piperidine rings is 1. The van der Waals surface area contributed by atoms with Gasteiger partial charge in [0.05, 0.1) is 18.1 Å². The number of benzene rings is 1. The number of nitrogens with zero attached hydrogens (tertiary/aromatic N) is 2. The lowest BCUT2D eigenvalue weighted by molar-refractivity contribution is -0.156. The zero-order valence-electron chi connectivity index (χ0n) is 22.3. The molecule has 3 aliphatic rings. The highest BCUT2D eigenvalue weighted by Gasteiger charge is 2.52. The summed E-state index contributed by atoms with van der Waals surface area (Å²) in [5, 5.41) is 29.3. The number of fused-ring (bicyclic) bond motifs is 1. The minimum atomic E-state index is -0.588. The van der Waals surface area contributed by atoms with Gasteiger partial charge in [-0.05, 0) is 100 Å². The maximum Gasteiger partial charge on any atom is 0.246 e. The largest absolute Gasteiger partial charge is 0.504 e. The molecule has 4 atom stereocenters. The number of rotatable bonds is 6. The van der Waals surface area contributed by atoms with Crippen molar-refractivity contribution < 1.29 is 24.5 Å². The first-order valence-corrected chi connectivity index (χ1v) is 13.6. The number of carbonyl (C=O) groups excluding carboxylic acids is 1. The smallest absolute Gasteiger partial charge is 0.246 e. The Morgan fingerprint density at radius 3 is 2.59 bits per heavy atom. The van der Waals surface area contributed by atoms with Crippen molar-refractivity contribution in [3.63, 3.8) is 0 Å².